The largest absolute Gasteiger partial charge is 0.493 e. The molecule has 1 unspecified atom stereocenters. The van der Waals surface area contributed by atoms with Crippen molar-refractivity contribution in [3.63, 3.8) is 0 Å². The highest BCUT2D eigenvalue weighted by Gasteiger charge is 2.22. The molecule has 0 saturated carbocycles. The fourth-order valence-electron chi connectivity index (χ4n) is 4.43. The van der Waals surface area contributed by atoms with Gasteiger partial charge in [0.25, 0.3) is 5.91 Å². The van der Waals surface area contributed by atoms with Crippen molar-refractivity contribution in [2.45, 2.75) is 25.3 Å². The Morgan fingerprint density at radius 3 is 2.65 bits per heavy atom. The molecule has 6 heteroatoms. The first-order valence-electron chi connectivity index (χ1n) is 11.2. The van der Waals surface area contributed by atoms with E-state index in [0.29, 0.717) is 43.7 Å². The molecular formula is C25H32N2O4. The lowest BCUT2D eigenvalue weighted by atomic mass is 9.90. The summed E-state index contributed by atoms with van der Waals surface area (Å²) in [6, 6.07) is 16.8. The molecule has 0 aliphatic carbocycles. The molecule has 0 bridgehead atoms. The van der Waals surface area contributed by atoms with Gasteiger partial charge in [0.1, 0.15) is 0 Å². The van der Waals surface area contributed by atoms with E-state index in [1.807, 2.05) is 12.1 Å². The molecule has 2 aromatic rings. The predicted molar refractivity (Wildman–Crippen MR) is 120 cm³/mol. The van der Waals surface area contributed by atoms with Crippen LogP contribution >= 0.6 is 0 Å². The average Bonchev–Trinajstić information content (AvgIpc) is 2.84. The fourth-order valence-corrected chi connectivity index (χ4v) is 4.43. The van der Waals surface area contributed by atoms with E-state index in [1.165, 1.54) is 24.0 Å². The minimum absolute atomic E-state index is 0.0145. The first-order valence-corrected chi connectivity index (χ1v) is 11.2. The van der Waals surface area contributed by atoms with Gasteiger partial charge in [-0.1, -0.05) is 36.4 Å². The number of rotatable bonds is 7. The summed E-state index contributed by atoms with van der Waals surface area (Å²) in [5.41, 5.74) is 2.62. The Bertz CT molecular complexity index is 852. The normalized spacial score (nSPS) is 19.8. The van der Waals surface area contributed by atoms with Crippen LogP contribution in [0.2, 0.25) is 0 Å². The number of carbonyl (C=O) groups excluding carboxylic acids is 1. The number of hydrogen-bond donors (Lipinski definition) is 0. The maximum Gasteiger partial charge on any atom is 0.260 e. The monoisotopic (exact) mass is 424 g/mol. The van der Waals surface area contributed by atoms with Gasteiger partial charge in [0.2, 0.25) is 0 Å². The van der Waals surface area contributed by atoms with Crippen LogP contribution in [0.15, 0.2) is 48.5 Å². The predicted octanol–water partition coefficient (Wildman–Crippen LogP) is 3.31. The molecule has 0 spiro atoms. The van der Waals surface area contributed by atoms with E-state index >= 15 is 0 Å². The van der Waals surface area contributed by atoms with Crippen molar-refractivity contribution in [1.29, 1.82) is 0 Å². The maximum absolute atomic E-state index is 12.3. The van der Waals surface area contributed by atoms with Crippen LogP contribution in [0, 0.1) is 0 Å². The Balaban J connectivity index is 1.34. The zero-order valence-corrected chi connectivity index (χ0v) is 18.3. The number of morpholine rings is 1. The van der Waals surface area contributed by atoms with E-state index in [-0.39, 0.29) is 12.5 Å². The van der Waals surface area contributed by atoms with Gasteiger partial charge in [-0.05, 0) is 48.6 Å². The van der Waals surface area contributed by atoms with Crippen molar-refractivity contribution in [2.75, 3.05) is 53.1 Å². The molecule has 2 fully saturated rings. The smallest absolute Gasteiger partial charge is 0.260 e. The van der Waals surface area contributed by atoms with Gasteiger partial charge in [0, 0.05) is 26.2 Å². The molecule has 0 N–H and O–H groups in total. The quantitative estimate of drug-likeness (QED) is 0.683. The minimum Gasteiger partial charge on any atom is -0.493 e. The average molecular weight is 425 g/mol. The molecule has 6 nitrogen and oxygen atoms in total. The number of amides is 1. The molecule has 2 saturated heterocycles. The summed E-state index contributed by atoms with van der Waals surface area (Å²) >= 11 is 0. The molecule has 166 valence electrons. The first-order chi connectivity index (χ1) is 15.2. The number of methoxy groups -OCH3 is 1. The van der Waals surface area contributed by atoms with Gasteiger partial charge in [-0.3, -0.25) is 9.69 Å². The van der Waals surface area contributed by atoms with Gasteiger partial charge in [0.15, 0.2) is 18.1 Å². The zero-order valence-electron chi connectivity index (χ0n) is 18.3. The SMILES string of the molecule is COc1cc(CN2CCCC(c3ccccc3)C2)ccc1OCC(=O)N1CCOCC1. The highest BCUT2D eigenvalue weighted by Crippen LogP contribution is 2.31. The second-order valence-corrected chi connectivity index (χ2v) is 8.25. The lowest BCUT2D eigenvalue weighted by Crippen LogP contribution is -2.43. The number of piperidine rings is 1. The standard InChI is InChI=1S/C25H32N2O4/c1-29-24-16-20(9-10-23(24)31-19-25(28)27-12-14-30-15-13-27)17-26-11-5-8-22(18-26)21-6-3-2-4-7-21/h2-4,6-7,9-10,16,22H,5,8,11-15,17-19H2,1H3. The summed E-state index contributed by atoms with van der Waals surface area (Å²) in [7, 11) is 1.64. The van der Waals surface area contributed by atoms with Crippen LogP contribution in [0.25, 0.3) is 0 Å². The van der Waals surface area contributed by atoms with Crippen LogP contribution in [0.1, 0.15) is 29.9 Å². The summed E-state index contributed by atoms with van der Waals surface area (Å²) in [6.45, 7) is 5.50. The van der Waals surface area contributed by atoms with Crippen molar-refractivity contribution in [3.8, 4) is 11.5 Å². The summed E-state index contributed by atoms with van der Waals surface area (Å²) < 4.78 is 16.6. The molecule has 1 atom stereocenters. The van der Waals surface area contributed by atoms with Crippen LogP contribution in [0.5, 0.6) is 11.5 Å². The molecule has 2 aromatic carbocycles. The summed E-state index contributed by atoms with van der Waals surface area (Å²) in [5.74, 6) is 1.85. The molecule has 2 aliphatic rings. The highest BCUT2D eigenvalue weighted by atomic mass is 16.5. The number of benzene rings is 2. The third-order valence-corrected chi connectivity index (χ3v) is 6.13. The van der Waals surface area contributed by atoms with E-state index in [1.54, 1.807) is 12.0 Å². The third kappa shape index (κ3) is 5.77. The third-order valence-electron chi connectivity index (χ3n) is 6.13. The minimum atomic E-state index is -0.0188. The first kappa shape index (κ1) is 21.7. The van der Waals surface area contributed by atoms with E-state index in [9.17, 15) is 4.79 Å². The molecule has 31 heavy (non-hydrogen) atoms. The number of hydrogen-bond acceptors (Lipinski definition) is 5. The number of ether oxygens (including phenoxy) is 3. The van der Waals surface area contributed by atoms with E-state index < -0.39 is 0 Å². The Morgan fingerprint density at radius 1 is 1.06 bits per heavy atom. The van der Waals surface area contributed by atoms with Crippen molar-refractivity contribution >= 4 is 5.91 Å². The van der Waals surface area contributed by atoms with Crippen molar-refractivity contribution in [1.82, 2.24) is 9.80 Å². The molecule has 0 radical (unpaired) electrons. The fraction of sp³-hybridized carbons (Fsp3) is 0.480. The van der Waals surface area contributed by atoms with E-state index in [2.05, 4.69) is 41.3 Å². The van der Waals surface area contributed by atoms with Crippen LogP contribution in [-0.4, -0.2) is 68.8 Å². The summed E-state index contributed by atoms with van der Waals surface area (Å²) in [4.78, 5) is 16.6. The molecule has 2 heterocycles. The summed E-state index contributed by atoms with van der Waals surface area (Å²) in [6.07, 6.45) is 2.45. The topological polar surface area (TPSA) is 51.2 Å². The van der Waals surface area contributed by atoms with Gasteiger partial charge in [0.05, 0.1) is 20.3 Å². The van der Waals surface area contributed by atoms with Gasteiger partial charge in [-0.2, -0.15) is 0 Å². The maximum atomic E-state index is 12.3. The Kier molecular flexibility index (Phi) is 7.43. The van der Waals surface area contributed by atoms with Crippen LogP contribution in [-0.2, 0) is 16.1 Å². The molecule has 4 rings (SSSR count). The molecule has 0 aromatic heterocycles. The Morgan fingerprint density at radius 2 is 1.87 bits per heavy atom. The van der Waals surface area contributed by atoms with Gasteiger partial charge in [-0.25, -0.2) is 0 Å². The number of nitrogens with zero attached hydrogens (tertiary/aromatic N) is 2. The van der Waals surface area contributed by atoms with Crippen molar-refractivity contribution in [2.24, 2.45) is 0 Å². The van der Waals surface area contributed by atoms with Crippen LogP contribution in [0.4, 0.5) is 0 Å². The molecular weight excluding hydrogens is 392 g/mol. The second kappa shape index (κ2) is 10.6. The Hall–Kier alpha value is -2.57. The van der Waals surface area contributed by atoms with Crippen LogP contribution < -0.4 is 9.47 Å². The zero-order chi connectivity index (χ0) is 21.5. The van der Waals surface area contributed by atoms with Gasteiger partial charge >= 0.3 is 0 Å². The van der Waals surface area contributed by atoms with Gasteiger partial charge < -0.3 is 19.1 Å². The number of carbonyl (C=O) groups is 1. The molecule has 2 aliphatic heterocycles. The van der Waals surface area contributed by atoms with Crippen LogP contribution in [0.3, 0.4) is 0 Å². The van der Waals surface area contributed by atoms with E-state index in [4.69, 9.17) is 14.2 Å². The van der Waals surface area contributed by atoms with Crippen molar-refractivity contribution in [3.05, 3.63) is 59.7 Å². The second-order valence-electron chi connectivity index (χ2n) is 8.25. The number of likely N-dealkylation sites (tertiary alicyclic amines) is 1. The lowest BCUT2D eigenvalue weighted by molar-refractivity contribution is -0.137. The highest BCUT2D eigenvalue weighted by molar-refractivity contribution is 5.78. The molecule has 1 amide bonds. The summed E-state index contributed by atoms with van der Waals surface area (Å²) in [5, 5.41) is 0. The van der Waals surface area contributed by atoms with E-state index in [0.717, 1.165) is 19.6 Å². The van der Waals surface area contributed by atoms with Gasteiger partial charge in [-0.15, -0.1) is 0 Å². The Labute approximate surface area is 184 Å². The van der Waals surface area contributed by atoms with Crippen molar-refractivity contribution < 1.29 is 19.0 Å². The lowest BCUT2D eigenvalue weighted by Gasteiger charge is -2.33.